The maximum Gasteiger partial charge on any atom is 1.00 e. The van der Waals surface area contributed by atoms with Crippen molar-refractivity contribution in [2.75, 3.05) is 0 Å². The van der Waals surface area contributed by atoms with Crippen LogP contribution in [0.2, 0.25) is 0 Å². The molecule has 0 bridgehead atoms. The summed E-state index contributed by atoms with van der Waals surface area (Å²) in [5, 5.41) is 17.2. The zero-order chi connectivity index (χ0) is 11.7. The van der Waals surface area contributed by atoms with Crippen molar-refractivity contribution in [3.8, 4) is 0 Å². The third-order valence-corrected chi connectivity index (χ3v) is 2.44. The molecule has 0 spiro atoms. The van der Waals surface area contributed by atoms with Crippen LogP contribution in [0.15, 0.2) is 0 Å². The summed E-state index contributed by atoms with van der Waals surface area (Å²) in [4.78, 5) is 21.1. The zero-order valence-electron chi connectivity index (χ0n) is 11.2. The van der Waals surface area contributed by atoms with E-state index in [0.717, 1.165) is 19.3 Å². The first-order valence-corrected chi connectivity index (χ1v) is 5.55. The van der Waals surface area contributed by atoms with Crippen molar-refractivity contribution >= 4 is 11.9 Å². The number of hydrogen-bond acceptors (Lipinski definition) is 2. The van der Waals surface area contributed by atoms with Crippen molar-refractivity contribution in [2.45, 2.75) is 51.9 Å². The Kier molecular flexibility index (Phi) is 14.2. The van der Waals surface area contributed by atoms with Gasteiger partial charge in [0.05, 0.1) is 0 Å². The molecule has 0 aliphatic heterocycles. The molecule has 0 aliphatic carbocycles. The molecule has 5 heteroatoms. The summed E-state index contributed by atoms with van der Waals surface area (Å²) < 4.78 is 0. The van der Waals surface area contributed by atoms with Gasteiger partial charge in [-0.1, -0.05) is 45.4 Å². The maximum atomic E-state index is 10.5. The number of aliphatic carboxylic acids is 2. The molecule has 16 heavy (non-hydrogen) atoms. The van der Waals surface area contributed by atoms with E-state index in [9.17, 15) is 9.59 Å². The van der Waals surface area contributed by atoms with E-state index in [1.807, 2.05) is 0 Å². The van der Waals surface area contributed by atoms with E-state index in [1.165, 1.54) is 12.8 Å². The SMILES string of the molecule is CCCCCCCCC(C(=O)O)C(=O)O.[H-].[K+]. The molecule has 0 rings (SSSR count). The summed E-state index contributed by atoms with van der Waals surface area (Å²) in [6.07, 6.45) is 6.45. The zero-order valence-corrected chi connectivity index (χ0v) is 13.4. The molecule has 0 atom stereocenters. The van der Waals surface area contributed by atoms with Crippen molar-refractivity contribution in [1.82, 2.24) is 0 Å². The Labute approximate surface area is 141 Å². The van der Waals surface area contributed by atoms with Crippen molar-refractivity contribution in [3.05, 3.63) is 0 Å². The Morgan fingerprint density at radius 3 is 1.88 bits per heavy atom. The van der Waals surface area contributed by atoms with Crippen LogP contribution in [0.25, 0.3) is 0 Å². The normalized spacial score (nSPS) is 9.88. The summed E-state index contributed by atoms with van der Waals surface area (Å²) in [6, 6.07) is 0. The molecule has 0 aromatic heterocycles. The van der Waals surface area contributed by atoms with Crippen LogP contribution in [0.1, 0.15) is 53.3 Å². The summed E-state index contributed by atoms with van der Waals surface area (Å²) in [5.41, 5.74) is 0. The standard InChI is InChI=1S/C11H20O4.K.H/c1-2-3-4-5-6-7-8-9(10(12)13)11(14)15;;/h9H,2-8H2,1H3,(H,12,13)(H,14,15);;/q;+1;-1. The molecule has 0 unspecified atom stereocenters. The van der Waals surface area contributed by atoms with Gasteiger partial charge in [-0.05, 0) is 6.42 Å². The summed E-state index contributed by atoms with van der Waals surface area (Å²) in [5.74, 6) is -3.68. The van der Waals surface area contributed by atoms with Gasteiger partial charge in [0.25, 0.3) is 0 Å². The van der Waals surface area contributed by atoms with Gasteiger partial charge in [0.1, 0.15) is 0 Å². The van der Waals surface area contributed by atoms with E-state index >= 15 is 0 Å². The van der Waals surface area contributed by atoms with Gasteiger partial charge in [0.15, 0.2) is 5.92 Å². The van der Waals surface area contributed by atoms with Crippen LogP contribution >= 0.6 is 0 Å². The van der Waals surface area contributed by atoms with Crippen LogP contribution in [0.3, 0.4) is 0 Å². The molecule has 0 fully saturated rings. The molecule has 2 N–H and O–H groups in total. The average molecular weight is 256 g/mol. The van der Waals surface area contributed by atoms with Crippen molar-refractivity contribution in [3.63, 3.8) is 0 Å². The molecule has 0 radical (unpaired) electrons. The number of hydrogen-bond donors (Lipinski definition) is 2. The number of carboxylic acids is 2. The van der Waals surface area contributed by atoms with Crippen LogP contribution in [-0.4, -0.2) is 22.2 Å². The first-order chi connectivity index (χ1) is 7.09. The van der Waals surface area contributed by atoms with Gasteiger partial charge in [-0.15, -0.1) is 0 Å². The molecule has 4 nitrogen and oxygen atoms in total. The van der Waals surface area contributed by atoms with E-state index in [1.54, 1.807) is 0 Å². The molecule has 0 saturated heterocycles. The fraction of sp³-hybridized carbons (Fsp3) is 0.818. The number of carboxylic acid groups (broad SMARTS) is 2. The van der Waals surface area contributed by atoms with Gasteiger partial charge in [-0.25, -0.2) is 0 Å². The van der Waals surface area contributed by atoms with Crippen LogP contribution in [0, 0.1) is 5.92 Å². The monoisotopic (exact) mass is 256 g/mol. The van der Waals surface area contributed by atoms with Crippen LogP contribution in [0.4, 0.5) is 0 Å². The van der Waals surface area contributed by atoms with Gasteiger partial charge in [-0.2, -0.15) is 0 Å². The molecule has 0 aliphatic rings. The fourth-order valence-corrected chi connectivity index (χ4v) is 1.48. The maximum absolute atomic E-state index is 10.5. The smallest absolute Gasteiger partial charge is 1.00 e. The van der Waals surface area contributed by atoms with Crippen LogP contribution < -0.4 is 51.4 Å². The van der Waals surface area contributed by atoms with E-state index < -0.39 is 17.9 Å². The number of carbonyl (C=O) groups is 2. The second kappa shape index (κ2) is 12.0. The second-order valence-electron chi connectivity index (χ2n) is 3.79. The summed E-state index contributed by atoms with van der Waals surface area (Å²) in [6.45, 7) is 2.13. The van der Waals surface area contributed by atoms with Gasteiger partial charge in [0, 0.05) is 0 Å². The summed E-state index contributed by atoms with van der Waals surface area (Å²) >= 11 is 0. The van der Waals surface area contributed by atoms with Crippen LogP contribution in [0.5, 0.6) is 0 Å². The minimum atomic E-state index is -1.23. The third-order valence-electron chi connectivity index (χ3n) is 2.44. The molecule has 0 saturated carbocycles. The minimum absolute atomic E-state index is 0. The third kappa shape index (κ3) is 9.78. The predicted octanol–water partition coefficient (Wildman–Crippen LogP) is -0.361. The average Bonchev–Trinajstić information content (AvgIpc) is 2.15. The molecular weight excluding hydrogens is 235 g/mol. The molecule has 90 valence electrons. The van der Waals surface area contributed by atoms with Gasteiger partial charge in [0.2, 0.25) is 0 Å². The second-order valence-corrected chi connectivity index (χ2v) is 3.79. The molecule has 0 aromatic carbocycles. The minimum Gasteiger partial charge on any atom is -1.00 e. The Morgan fingerprint density at radius 1 is 1.00 bits per heavy atom. The van der Waals surface area contributed by atoms with Crippen molar-refractivity contribution in [1.29, 1.82) is 0 Å². The van der Waals surface area contributed by atoms with E-state index in [4.69, 9.17) is 10.2 Å². The van der Waals surface area contributed by atoms with Gasteiger partial charge >= 0.3 is 63.3 Å². The van der Waals surface area contributed by atoms with E-state index in [2.05, 4.69) is 6.92 Å². The Balaban J connectivity index is -0.000000980. The molecule has 0 amide bonds. The number of rotatable bonds is 9. The van der Waals surface area contributed by atoms with Crippen molar-refractivity contribution < 1.29 is 72.6 Å². The van der Waals surface area contributed by atoms with Crippen molar-refractivity contribution in [2.24, 2.45) is 5.92 Å². The van der Waals surface area contributed by atoms with E-state index in [0.29, 0.717) is 6.42 Å². The molecule has 0 aromatic rings. The predicted molar refractivity (Wildman–Crippen MR) is 57.9 cm³/mol. The van der Waals surface area contributed by atoms with Crippen LogP contribution in [-0.2, 0) is 9.59 Å². The molecular formula is C11H21KO4. The van der Waals surface area contributed by atoms with Gasteiger partial charge < -0.3 is 11.6 Å². The Bertz CT molecular complexity index is 198. The Morgan fingerprint density at radius 2 is 1.44 bits per heavy atom. The van der Waals surface area contributed by atoms with E-state index in [-0.39, 0.29) is 59.2 Å². The number of unbranched alkanes of at least 4 members (excludes halogenated alkanes) is 5. The Hall–Kier alpha value is 0.576. The fourth-order valence-electron chi connectivity index (χ4n) is 1.48. The quantitative estimate of drug-likeness (QED) is 0.336. The topological polar surface area (TPSA) is 74.6 Å². The largest absolute Gasteiger partial charge is 1.00 e. The van der Waals surface area contributed by atoms with Gasteiger partial charge in [-0.3, -0.25) is 9.59 Å². The first-order valence-electron chi connectivity index (χ1n) is 5.55. The first kappa shape index (κ1) is 18.9. The summed E-state index contributed by atoms with van der Waals surface area (Å²) in [7, 11) is 0. The molecule has 0 heterocycles.